The van der Waals surface area contributed by atoms with Crippen LogP contribution in [0.3, 0.4) is 0 Å². The third kappa shape index (κ3) is 6.00. The van der Waals surface area contributed by atoms with Crippen LogP contribution in [0, 0.1) is 0 Å². The lowest BCUT2D eigenvalue weighted by molar-refractivity contribution is -0.0328. The van der Waals surface area contributed by atoms with Gasteiger partial charge in [-0.3, -0.25) is 4.79 Å². The van der Waals surface area contributed by atoms with Gasteiger partial charge in [0.1, 0.15) is 12.4 Å². The Kier molecular flexibility index (Phi) is 6.47. The molecular weight excluding hydrogens is 473 g/mol. The number of fused-ring (bicyclic) bond motifs is 1. The number of thioether (sulfide) groups is 1. The minimum absolute atomic E-state index is 0.0815. The highest BCUT2D eigenvalue weighted by molar-refractivity contribution is 8.00. The van der Waals surface area contributed by atoms with Crippen molar-refractivity contribution in [2.45, 2.75) is 42.4 Å². The first kappa shape index (κ1) is 23.4. The third-order valence-corrected chi connectivity index (χ3v) is 6.53. The lowest BCUT2D eigenvalue weighted by Crippen LogP contribution is -2.25. The third-order valence-electron chi connectivity index (χ3n) is 5.79. The Hall–Kier alpha value is -3.39. The average molecular weight is 497 g/mol. The minimum Gasteiger partial charge on any atom is -0.487 e. The van der Waals surface area contributed by atoms with Gasteiger partial charge >= 0.3 is 5.51 Å². The van der Waals surface area contributed by atoms with E-state index < -0.39 is 5.51 Å². The highest BCUT2D eigenvalue weighted by Crippen LogP contribution is 2.37. The molecule has 1 fully saturated rings. The largest absolute Gasteiger partial charge is 0.487 e. The van der Waals surface area contributed by atoms with Crippen LogP contribution in [0.1, 0.15) is 34.5 Å². The Morgan fingerprint density at radius 3 is 2.43 bits per heavy atom. The molecule has 1 amide bonds. The molecule has 1 saturated carbocycles. The molecule has 0 saturated heterocycles. The summed E-state index contributed by atoms with van der Waals surface area (Å²) < 4.78 is 46.1. The highest BCUT2D eigenvalue weighted by atomic mass is 32.2. The number of amides is 1. The summed E-state index contributed by atoms with van der Waals surface area (Å²) in [5.74, 6) is 0.657. The van der Waals surface area contributed by atoms with E-state index in [9.17, 15) is 18.0 Å². The van der Waals surface area contributed by atoms with Crippen LogP contribution >= 0.6 is 11.8 Å². The maximum Gasteiger partial charge on any atom is 0.446 e. The summed E-state index contributed by atoms with van der Waals surface area (Å²) in [6.07, 6.45) is 2.04. The maximum atomic E-state index is 12.7. The van der Waals surface area contributed by atoms with E-state index >= 15 is 0 Å². The molecule has 0 bridgehead atoms. The molecule has 180 valence electrons. The first-order valence-electron chi connectivity index (χ1n) is 11.3. The van der Waals surface area contributed by atoms with Gasteiger partial charge < -0.3 is 14.6 Å². The van der Waals surface area contributed by atoms with Crippen LogP contribution in [-0.4, -0.2) is 22.0 Å². The molecule has 0 radical (unpaired) electrons. The van der Waals surface area contributed by atoms with Crippen LogP contribution in [0.15, 0.2) is 83.8 Å². The van der Waals surface area contributed by atoms with E-state index in [1.54, 1.807) is 18.2 Å². The first-order valence-corrected chi connectivity index (χ1v) is 12.1. The molecule has 1 aliphatic carbocycles. The fraction of sp³-hybridized carbons (Fsp3) is 0.222. The zero-order valence-corrected chi connectivity index (χ0v) is 19.5. The molecule has 1 heterocycles. The number of hydrogen-bond acceptors (Lipinski definition) is 3. The highest BCUT2D eigenvalue weighted by Gasteiger charge is 2.29. The summed E-state index contributed by atoms with van der Waals surface area (Å²) in [6, 6.07) is 23.7. The van der Waals surface area contributed by atoms with Crippen LogP contribution in [0.2, 0.25) is 0 Å². The summed E-state index contributed by atoms with van der Waals surface area (Å²) in [4.78, 5) is 12.7. The first-order chi connectivity index (χ1) is 16.8. The van der Waals surface area contributed by atoms with E-state index in [0.29, 0.717) is 18.7 Å². The van der Waals surface area contributed by atoms with E-state index in [2.05, 4.69) is 9.88 Å². The Morgan fingerprint density at radius 1 is 1.00 bits per heavy atom. The van der Waals surface area contributed by atoms with Crippen LogP contribution in [-0.2, 0) is 13.2 Å². The molecule has 4 nitrogen and oxygen atoms in total. The van der Waals surface area contributed by atoms with E-state index in [1.807, 2.05) is 48.5 Å². The van der Waals surface area contributed by atoms with Gasteiger partial charge in [0, 0.05) is 33.9 Å². The van der Waals surface area contributed by atoms with Gasteiger partial charge in [-0.2, -0.15) is 13.2 Å². The Labute approximate surface area is 205 Å². The van der Waals surface area contributed by atoms with E-state index in [1.165, 1.54) is 12.1 Å². The number of benzene rings is 3. The second kappa shape index (κ2) is 9.70. The molecule has 0 aliphatic heterocycles. The van der Waals surface area contributed by atoms with Crippen molar-refractivity contribution < 1.29 is 22.7 Å². The van der Waals surface area contributed by atoms with Crippen LogP contribution in [0.25, 0.3) is 10.9 Å². The molecule has 35 heavy (non-hydrogen) atoms. The van der Waals surface area contributed by atoms with Crippen molar-refractivity contribution in [2.75, 3.05) is 0 Å². The van der Waals surface area contributed by atoms with E-state index in [0.717, 1.165) is 40.8 Å². The molecule has 0 unspecified atom stereocenters. The predicted molar refractivity (Wildman–Crippen MR) is 131 cm³/mol. The number of nitrogens with zero attached hydrogens (tertiary/aromatic N) is 1. The second-order valence-electron chi connectivity index (χ2n) is 8.54. The molecular formula is C27H23F3N2O2S. The van der Waals surface area contributed by atoms with Crippen molar-refractivity contribution >= 4 is 28.6 Å². The normalized spacial score (nSPS) is 13.7. The molecule has 5 rings (SSSR count). The summed E-state index contributed by atoms with van der Waals surface area (Å²) in [5, 5.41) is 3.92. The number of rotatable bonds is 8. The SMILES string of the molecule is O=C(NC1CC1)c1ccc2c(c1)cc(COc1ccccc1)n2Cc1ccc(SC(F)(F)F)cc1. The quantitative estimate of drug-likeness (QED) is 0.274. The lowest BCUT2D eigenvalue weighted by atomic mass is 10.1. The lowest BCUT2D eigenvalue weighted by Gasteiger charge is -2.13. The average Bonchev–Trinajstić information content (AvgIpc) is 3.58. The molecule has 1 aliphatic rings. The van der Waals surface area contributed by atoms with Crippen molar-refractivity contribution in [1.29, 1.82) is 0 Å². The zero-order chi connectivity index (χ0) is 24.4. The van der Waals surface area contributed by atoms with Gasteiger partial charge in [-0.05, 0) is 78.7 Å². The van der Waals surface area contributed by atoms with Crippen molar-refractivity contribution in [3.8, 4) is 5.75 Å². The van der Waals surface area contributed by atoms with Gasteiger partial charge in [0.2, 0.25) is 0 Å². The standard InChI is InChI=1S/C27H23F3N2O2S/c28-27(29,30)35-24-11-6-18(7-12-24)16-32-22(17-34-23-4-2-1-3-5-23)15-20-14-19(8-13-25(20)32)26(33)31-21-9-10-21/h1-8,11-15,21H,9-10,16-17H2,(H,31,33). The van der Waals surface area contributed by atoms with Gasteiger partial charge in [0.05, 0.1) is 5.69 Å². The zero-order valence-electron chi connectivity index (χ0n) is 18.7. The predicted octanol–water partition coefficient (Wildman–Crippen LogP) is 6.77. The molecule has 3 aromatic carbocycles. The van der Waals surface area contributed by atoms with E-state index in [4.69, 9.17) is 4.74 Å². The van der Waals surface area contributed by atoms with Gasteiger partial charge in [-0.15, -0.1) is 0 Å². The minimum atomic E-state index is -4.32. The fourth-order valence-electron chi connectivity index (χ4n) is 3.93. The molecule has 1 aromatic heterocycles. The molecule has 1 N–H and O–H groups in total. The van der Waals surface area contributed by atoms with Crippen molar-refractivity contribution in [3.63, 3.8) is 0 Å². The number of nitrogens with one attached hydrogen (secondary N) is 1. The monoisotopic (exact) mass is 496 g/mol. The summed E-state index contributed by atoms with van der Waals surface area (Å²) in [7, 11) is 0. The molecule has 4 aromatic rings. The number of alkyl halides is 3. The number of hydrogen-bond donors (Lipinski definition) is 1. The maximum absolute atomic E-state index is 12.7. The fourth-order valence-corrected chi connectivity index (χ4v) is 4.46. The molecule has 0 spiro atoms. The Balaban J connectivity index is 1.43. The number of aromatic nitrogens is 1. The number of para-hydroxylation sites is 1. The van der Waals surface area contributed by atoms with Crippen LogP contribution < -0.4 is 10.1 Å². The number of carbonyl (C=O) groups is 1. The van der Waals surface area contributed by atoms with Crippen molar-refractivity contribution in [2.24, 2.45) is 0 Å². The van der Waals surface area contributed by atoms with Gasteiger partial charge in [-0.25, -0.2) is 0 Å². The second-order valence-corrected chi connectivity index (χ2v) is 9.68. The molecule has 0 atom stereocenters. The van der Waals surface area contributed by atoms with Crippen molar-refractivity contribution in [1.82, 2.24) is 9.88 Å². The van der Waals surface area contributed by atoms with Gasteiger partial charge in [0.15, 0.2) is 0 Å². The number of halogens is 3. The van der Waals surface area contributed by atoms with E-state index in [-0.39, 0.29) is 28.6 Å². The number of ether oxygens (including phenoxy) is 1. The van der Waals surface area contributed by atoms with Gasteiger partial charge in [-0.1, -0.05) is 30.3 Å². The van der Waals surface area contributed by atoms with Crippen LogP contribution in [0.5, 0.6) is 5.75 Å². The smallest absolute Gasteiger partial charge is 0.446 e. The summed E-state index contributed by atoms with van der Waals surface area (Å²) >= 11 is -0.123. The summed E-state index contributed by atoms with van der Waals surface area (Å²) in [5.41, 5.74) is -1.02. The summed E-state index contributed by atoms with van der Waals surface area (Å²) in [6.45, 7) is 0.770. The van der Waals surface area contributed by atoms with Gasteiger partial charge in [0.25, 0.3) is 5.91 Å². The topological polar surface area (TPSA) is 43.3 Å². The Morgan fingerprint density at radius 2 is 1.74 bits per heavy atom. The Bertz CT molecular complexity index is 1330. The molecule has 8 heteroatoms. The van der Waals surface area contributed by atoms with Crippen molar-refractivity contribution in [3.05, 3.63) is 95.7 Å². The number of carbonyl (C=O) groups excluding carboxylic acids is 1. The van der Waals surface area contributed by atoms with Crippen LogP contribution in [0.4, 0.5) is 13.2 Å².